The van der Waals surface area contributed by atoms with Crippen molar-refractivity contribution in [2.24, 2.45) is 0 Å². The van der Waals surface area contributed by atoms with Crippen LogP contribution in [0.4, 0.5) is 0 Å². The molecule has 21 heteroatoms. The van der Waals surface area contributed by atoms with Crippen LogP contribution in [-0.2, 0) is 6.42 Å². The molecule has 0 saturated heterocycles. The van der Waals surface area contributed by atoms with E-state index in [2.05, 4.69) is 19.1 Å². The average Bonchev–Trinajstić information content (AvgIpc) is 0.829. The van der Waals surface area contributed by atoms with Gasteiger partial charge in [0.25, 0.3) is 0 Å². The van der Waals surface area contributed by atoms with Gasteiger partial charge in [-0.1, -0.05) is 146 Å². The van der Waals surface area contributed by atoms with Crippen LogP contribution >= 0.6 is 0 Å². The van der Waals surface area contributed by atoms with Crippen LogP contribution in [0.2, 0.25) is 0 Å². The summed E-state index contributed by atoms with van der Waals surface area (Å²) in [4.78, 5) is 121. The molecule has 0 aliphatic heterocycles. The number of methoxy groups -OCH3 is 10. The molecular weight excluding hydrogens is 1730 g/mol. The molecule has 21 nitrogen and oxygen atoms in total. The normalized spacial score (nSPS) is 9.74. The number of hydrogen-bond acceptors (Lipinski definition) is 21. The number of carbonyl (C=O) groups excluding carboxylic acids is 11. The molecule has 710 valence electrons. The summed E-state index contributed by atoms with van der Waals surface area (Å²) in [7, 11) is 16.4. The van der Waals surface area contributed by atoms with Gasteiger partial charge in [0, 0.05) is 61.2 Å². The van der Waals surface area contributed by atoms with Crippen molar-refractivity contribution in [3.8, 4) is 57.5 Å². The van der Waals surface area contributed by atoms with Crippen LogP contribution in [0.3, 0.4) is 0 Å². The quantitative estimate of drug-likeness (QED) is 0.0570. The maximum atomic E-state index is 11.2. The molecule has 0 aliphatic rings. The predicted octanol–water partition coefficient (Wildman–Crippen LogP) is 26.0. The third-order valence-electron chi connectivity index (χ3n) is 20.6. The third kappa shape index (κ3) is 38.4. The fraction of sp³-hybridized carbons (Fsp3) is 0.198. The number of rotatable bonds is 22. The van der Waals surface area contributed by atoms with Gasteiger partial charge in [0.1, 0.15) is 57.5 Å². The highest BCUT2D eigenvalue weighted by atomic mass is 16.5. The minimum absolute atomic E-state index is 0.0186. The van der Waals surface area contributed by atoms with Gasteiger partial charge in [-0.2, -0.15) is 0 Å². The van der Waals surface area contributed by atoms with Crippen molar-refractivity contribution in [1.29, 1.82) is 0 Å². The van der Waals surface area contributed by atoms with Gasteiger partial charge in [0.2, 0.25) is 0 Å². The summed E-state index contributed by atoms with van der Waals surface area (Å²) >= 11 is 0. The number of ether oxygens (including phenoxy) is 10. The summed E-state index contributed by atoms with van der Waals surface area (Å²) in [6.07, 6.45) is 1.09. The van der Waals surface area contributed by atoms with E-state index < -0.39 is 0 Å². The van der Waals surface area contributed by atoms with Gasteiger partial charge in [-0.05, 0) is 307 Å². The van der Waals surface area contributed by atoms with E-state index in [1.54, 1.807) is 229 Å². The number of fused-ring (bicyclic) bond motifs is 4. The third-order valence-corrected chi connectivity index (χ3v) is 20.6. The standard InChI is InChI=1S/C14H12O2.3C13H12O2.2C10H10O2.2C9H10O2.C9H12O.2C8H10O2/c1-9(15)11-3-5-14-8-12(10(2)16)4-6-13(14)7-11;3*1-9(14)10-3-4-12-8-13(15-2)6-5-11(12)7-10;2*1-7(11)9-3-5-10(6-4-9)8(2)12;2*1-7(10)8-3-5-9(11-2)6-4-8;1-3-8-4-6-9(10-2)7-5-8;2*1-9-7-3-5-8(10-2)6-4-7/h3-8H,1-2H3;3*3-8H,1-2H3;2*3-6H,1-2H3;2*3-6H,1-2H3;4-7H,3H2,1-2H3;2*3-6H,1-2H3. The predicted molar refractivity (Wildman–Crippen MR) is 546 cm³/mol. The van der Waals surface area contributed by atoms with Crippen LogP contribution in [0.1, 0.15) is 203 Å². The fourth-order valence-electron chi connectivity index (χ4n) is 12.2. The molecule has 0 aliphatic carbocycles. The Morgan fingerprint density at radius 3 is 0.394 bits per heavy atom. The Hall–Kier alpha value is -16.3. The molecule has 0 saturated carbocycles. The van der Waals surface area contributed by atoms with Gasteiger partial charge in [-0.3, -0.25) is 52.7 Å². The van der Waals surface area contributed by atoms with E-state index in [0.717, 1.165) is 124 Å². The first-order valence-electron chi connectivity index (χ1n) is 43.3. The summed E-state index contributed by atoms with van der Waals surface area (Å²) in [5.74, 6) is 8.97. The van der Waals surface area contributed by atoms with Crippen molar-refractivity contribution in [2.45, 2.75) is 89.5 Å². The molecule has 0 atom stereocenters. The lowest BCUT2D eigenvalue weighted by atomic mass is 10.0. The van der Waals surface area contributed by atoms with Crippen molar-refractivity contribution in [3.63, 3.8) is 0 Å². The fourth-order valence-corrected chi connectivity index (χ4v) is 12.2. The van der Waals surface area contributed by atoms with E-state index in [0.29, 0.717) is 44.5 Å². The van der Waals surface area contributed by atoms with E-state index in [-0.39, 0.29) is 63.6 Å². The highest BCUT2D eigenvalue weighted by Gasteiger charge is 2.10. The van der Waals surface area contributed by atoms with Crippen LogP contribution < -0.4 is 47.4 Å². The highest BCUT2D eigenvalue weighted by molar-refractivity contribution is 6.04. The van der Waals surface area contributed by atoms with Gasteiger partial charge in [-0.25, -0.2) is 0 Å². The lowest BCUT2D eigenvalue weighted by Gasteiger charge is -2.03. The molecule has 0 bridgehead atoms. The van der Waals surface area contributed by atoms with Crippen molar-refractivity contribution in [3.05, 3.63) is 382 Å². The van der Waals surface area contributed by atoms with Crippen molar-refractivity contribution >= 4 is 107 Å². The van der Waals surface area contributed by atoms with Crippen LogP contribution in [0.25, 0.3) is 43.1 Å². The first-order chi connectivity index (χ1) is 65.5. The van der Waals surface area contributed by atoms with Crippen molar-refractivity contribution in [2.75, 3.05) is 71.1 Å². The Bertz CT molecular complexity index is 5840. The van der Waals surface area contributed by atoms with E-state index in [1.807, 2.05) is 194 Å². The summed E-state index contributed by atoms with van der Waals surface area (Å²) in [5, 5.41) is 8.39. The first kappa shape index (κ1) is 111. The average molecular weight is 1850 g/mol. The molecule has 15 aromatic carbocycles. The zero-order valence-corrected chi connectivity index (χ0v) is 81.8. The van der Waals surface area contributed by atoms with Crippen molar-refractivity contribution < 1.29 is 100 Å². The molecule has 137 heavy (non-hydrogen) atoms. The van der Waals surface area contributed by atoms with Crippen LogP contribution in [0.15, 0.2) is 315 Å². The molecular formula is C116H120O21. The van der Waals surface area contributed by atoms with Gasteiger partial charge in [0.05, 0.1) is 71.1 Å². The highest BCUT2D eigenvalue weighted by Crippen LogP contribution is 2.27. The van der Waals surface area contributed by atoms with E-state index in [1.165, 1.54) is 33.3 Å². The summed E-state index contributed by atoms with van der Waals surface area (Å²) in [5.41, 5.74) is 8.96. The number of aryl methyl sites for hydroxylation is 1. The molecule has 15 rings (SSSR count). The number of carbonyl (C=O) groups is 11. The van der Waals surface area contributed by atoms with Gasteiger partial charge < -0.3 is 47.4 Å². The van der Waals surface area contributed by atoms with Crippen molar-refractivity contribution in [1.82, 2.24) is 0 Å². The Balaban J connectivity index is 0.000000267. The number of benzene rings is 15. The summed E-state index contributed by atoms with van der Waals surface area (Å²) in [6.45, 7) is 19.1. The SMILES string of the molecule is CC(=O)c1ccc(C(C)=O)cc1.CC(=O)c1ccc(C(C)=O)cc1.CC(=O)c1ccc2cc(C(C)=O)ccc2c1.CCc1ccc(OC)cc1.COc1ccc(C(C)=O)cc1.COc1ccc(C(C)=O)cc1.COc1ccc(OC)cc1.COc1ccc(OC)cc1.COc1ccc2cc(C(C)=O)ccc2c1.COc1ccc2cc(C(C)=O)ccc2c1.COc1ccc2cc(C(C)=O)ccc2c1. The zero-order chi connectivity index (χ0) is 101. The van der Waals surface area contributed by atoms with Gasteiger partial charge >= 0.3 is 0 Å². The Kier molecular flexibility index (Phi) is 47.6. The molecule has 0 N–H and O–H groups in total. The maximum absolute atomic E-state index is 11.2. The molecule has 0 amide bonds. The minimum atomic E-state index is 0.0186. The van der Waals surface area contributed by atoms with E-state index in [4.69, 9.17) is 47.4 Å². The second kappa shape index (κ2) is 58.6. The minimum Gasteiger partial charge on any atom is -0.497 e. The number of ketones is 11. The van der Waals surface area contributed by atoms with Crippen LogP contribution in [-0.4, -0.2) is 135 Å². The first-order valence-corrected chi connectivity index (χ1v) is 43.3. The maximum Gasteiger partial charge on any atom is 0.159 e. The van der Waals surface area contributed by atoms with Crippen LogP contribution in [0.5, 0.6) is 57.5 Å². The lowest BCUT2D eigenvalue weighted by Crippen LogP contribution is -1.95. The smallest absolute Gasteiger partial charge is 0.159 e. The molecule has 0 aromatic heterocycles. The van der Waals surface area contributed by atoms with E-state index in [9.17, 15) is 52.7 Å². The second-order valence-corrected chi connectivity index (χ2v) is 30.3. The Morgan fingerprint density at radius 2 is 0.255 bits per heavy atom. The number of hydrogen-bond donors (Lipinski definition) is 0. The molecule has 0 heterocycles. The second-order valence-electron chi connectivity index (χ2n) is 30.3. The topological polar surface area (TPSA) is 280 Å². The summed E-state index contributed by atoms with van der Waals surface area (Å²) in [6, 6.07) is 95.9. The van der Waals surface area contributed by atoms with E-state index >= 15 is 0 Å². The Labute approximate surface area is 802 Å². The summed E-state index contributed by atoms with van der Waals surface area (Å²) < 4.78 is 50.1. The largest absolute Gasteiger partial charge is 0.497 e. The number of Topliss-reactive ketones (excluding diaryl/α,β-unsaturated/α-hetero) is 11. The Morgan fingerprint density at radius 1 is 0.146 bits per heavy atom. The van der Waals surface area contributed by atoms with Gasteiger partial charge in [0.15, 0.2) is 63.6 Å². The molecule has 0 fully saturated rings. The van der Waals surface area contributed by atoms with Crippen LogP contribution in [0, 0.1) is 0 Å². The molecule has 15 aromatic rings. The zero-order valence-electron chi connectivity index (χ0n) is 81.8. The van der Waals surface area contributed by atoms with Gasteiger partial charge in [-0.15, -0.1) is 0 Å². The molecule has 0 unspecified atom stereocenters. The lowest BCUT2D eigenvalue weighted by molar-refractivity contribution is 0.100. The monoisotopic (exact) mass is 1850 g/mol. The molecule has 0 radical (unpaired) electrons. The molecule has 0 spiro atoms.